The lowest BCUT2D eigenvalue weighted by Gasteiger charge is -2.27. The molecule has 6 nitrogen and oxygen atoms in total. The largest absolute Gasteiger partial charge is 0.365 e. The van der Waals surface area contributed by atoms with Crippen molar-refractivity contribution in [2.45, 2.75) is 12.6 Å². The second-order valence-corrected chi connectivity index (χ2v) is 7.48. The van der Waals surface area contributed by atoms with Gasteiger partial charge in [0.15, 0.2) is 0 Å². The van der Waals surface area contributed by atoms with Crippen LogP contribution >= 0.6 is 0 Å². The van der Waals surface area contributed by atoms with Crippen molar-refractivity contribution in [2.24, 2.45) is 14.1 Å². The van der Waals surface area contributed by atoms with E-state index in [0.29, 0.717) is 24.1 Å². The number of hydrogen-bond acceptors (Lipinski definition) is 3. The minimum absolute atomic E-state index is 0.332. The quantitative estimate of drug-likeness (QED) is 0.515. The van der Waals surface area contributed by atoms with Crippen molar-refractivity contribution in [2.75, 3.05) is 6.61 Å². The highest BCUT2D eigenvalue weighted by Crippen LogP contribution is 2.40. The summed E-state index contributed by atoms with van der Waals surface area (Å²) >= 11 is 0. The highest BCUT2D eigenvalue weighted by atomic mass is 19.1. The number of fused-ring (bicyclic) bond motifs is 3. The Bertz CT molecular complexity index is 1380. The van der Waals surface area contributed by atoms with E-state index in [1.807, 2.05) is 30.3 Å². The predicted molar refractivity (Wildman–Crippen MR) is 112 cm³/mol. The highest BCUT2D eigenvalue weighted by Gasteiger charge is 2.32. The van der Waals surface area contributed by atoms with Gasteiger partial charge in [-0.3, -0.25) is 13.9 Å². The molecule has 0 aliphatic carbocycles. The van der Waals surface area contributed by atoms with Crippen LogP contribution in [0.5, 0.6) is 0 Å². The van der Waals surface area contributed by atoms with Crippen LogP contribution in [0, 0.1) is 5.82 Å². The third-order valence-corrected chi connectivity index (χ3v) is 5.77. The second-order valence-electron chi connectivity index (χ2n) is 7.48. The number of aromatic nitrogens is 3. The van der Waals surface area contributed by atoms with Crippen LogP contribution in [-0.4, -0.2) is 20.3 Å². The molecule has 3 heterocycles. The molecule has 0 fully saturated rings. The van der Waals surface area contributed by atoms with Gasteiger partial charge in [-0.15, -0.1) is 0 Å². The Kier molecular flexibility index (Phi) is 4.22. The van der Waals surface area contributed by atoms with Crippen LogP contribution < -0.4 is 11.2 Å². The number of halogens is 1. The summed E-state index contributed by atoms with van der Waals surface area (Å²) in [4.78, 5) is 26.0. The SMILES string of the molecule is Cn1c(=O)c2c(-c3ccccc3)n3c(c2n(C)c1=O)[C@@H](c1ccc(F)cc1)OCC3. The van der Waals surface area contributed by atoms with Gasteiger partial charge in [0.25, 0.3) is 5.56 Å². The van der Waals surface area contributed by atoms with Crippen molar-refractivity contribution in [1.29, 1.82) is 0 Å². The molecule has 0 unspecified atom stereocenters. The number of nitrogens with zero attached hydrogens (tertiary/aromatic N) is 3. The zero-order chi connectivity index (χ0) is 21.0. The summed E-state index contributed by atoms with van der Waals surface area (Å²) in [7, 11) is 3.15. The molecule has 5 rings (SSSR count). The molecule has 0 amide bonds. The van der Waals surface area contributed by atoms with E-state index in [1.165, 1.54) is 23.7 Å². The molecule has 0 saturated heterocycles. The van der Waals surface area contributed by atoms with Crippen molar-refractivity contribution in [3.05, 3.63) is 92.5 Å². The van der Waals surface area contributed by atoms with E-state index in [1.54, 1.807) is 19.2 Å². The summed E-state index contributed by atoms with van der Waals surface area (Å²) in [6, 6.07) is 15.8. The van der Waals surface area contributed by atoms with Gasteiger partial charge >= 0.3 is 5.69 Å². The molecule has 7 heteroatoms. The average molecular weight is 405 g/mol. The third kappa shape index (κ3) is 2.59. The average Bonchev–Trinajstić information content (AvgIpc) is 3.13. The number of rotatable bonds is 2. The molecule has 0 bridgehead atoms. The number of ether oxygens (including phenoxy) is 1. The summed E-state index contributed by atoms with van der Waals surface area (Å²) in [6.07, 6.45) is -0.517. The molecule has 4 aromatic rings. The van der Waals surface area contributed by atoms with Crippen molar-refractivity contribution in [3.63, 3.8) is 0 Å². The van der Waals surface area contributed by atoms with Crippen LogP contribution in [0.1, 0.15) is 17.4 Å². The van der Waals surface area contributed by atoms with Crippen LogP contribution in [0.25, 0.3) is 22.2 Å². The smallest absolute Gasteiger partial charge is 0.331 e. The standard InChI is InChI=1S/C23H20FN3O3/c1-25-19-17(22(28)26(2)23(25)29)18(14-6-4-3-5-7-14)27-12-13-30-21(20(19)27)15-8-10-16(24)11-9-15/h3-11,21H,12-13H2,1-2H3/t21-/m1/s1. The minimum Gasteiger partial charge on any atom is -0.365 e. The molecule has 1 aliphatic rings. The number of benzene rings is 2. The Labute approximate surface area is 171 Å². The van der Waals surface area contributed by atoms with Crippen molar-refractivity contribution in [1.82, 2.24) is 13.7 Å². The topological polar surface area (TPSA) is 58.2 Å². The van der Waals surface area contributed by atoms with E-state index in [9.17, 15) is 14.0 Å². The molecular weight excluding hydrogens is 385 g/mol. The first-order chi connectivity index (χ1) is 14.5. The van der Waals surface area contributed by atoms with Crippen LogP contribution in [0.15, 0.2) is 64.2 Å². The second kappa shape index (κ2) is 6.81. The normalized spacial score (nSPS) is 16.0. The van der Waals surface area contributed by atoms with E-state index >= 15 is 0 Å². The molecule has 152 valence electrons. The molecule has 2 aromatic heterocycles. The fraction of sp³-hybridized carbons (Fsp3) is 0.217. The summed E-state index contributed by atoms with van der Waals surface area (Å²) in [6.45, 7) is 0.980. The van der Waals surface area contributed by atoms with Gasteiger partial charge in [0, 0.05) is 20.6 Å². The molecule has 30 heavy (non-hydrogen) atoms. The fourth-order valence-corrected chi connectivity index (χ4v) is 4.37. The molecule has 0 spiro atoms. The maximum atomic E-state index is 13.5. The zero-order valence-electron chi connectivity index (χ0n) is 16.6. The Hall–Kier alpha value is -3.45. The van der Waals surface area contributed by atoms with Crippen molar-refractivity contribution >= 4 is 10.9 Å². The van der Waals surface area contributed by atoms with Gasteiger partial charge in [-0.05, 0) is 23.3 Å². The van der Waals surface area contributed by atoms with Gasteiger partial charge in [-0.2, -0.15) is 0 Å². The summed E-state index contributed by atoms with van der Waals surface area (Å²) in [5.74, 6) is -0.332. The van der Waals surface area contributed by atoms with E-state index in [-0.39, 0.29) is 11.4 Å². The molecule has 1 atom stereocenters. The summed E-state index contributed by atoms with van der Waals surface area (Å²) < 4.78 is 24.3. The molecule has 2 aromatic carbocycles. The fourth-order valence-electron chi connectivity index (χ4n) is 4.37. The lowest BCUT2D eigenvalue weighted by atomic mass is 10.0. The molecule has 0 radical (unpaired) electrons. The van der Waals surface area contributed by atoms with Gasteiger partial charge in [0.2, 0.25) is 0 Å². The maximum Gasteiger partial charge on any atom is 0.331 e. The third-order valence-electron chi connectivity index (χ3n) is 5.77. The van der Waals surface area contributed by atoms with Crippen LogP contribution in [0.2, 0.25) is 0 Å². The Balaban J connectivity index is 1.94. The first-order valence-electron chi connectivity index (χ1n) is 9.73. The lowest BCUT2D eigenvalue weighted by molar-refractivity contribution is 0.0478. The van der Waals surface area contributed by atoms with E-state index in [0.717, 1.165) is 27.1 Å². The van der Waals surface area contributed by atoms with E-state index in [4.69, 9.17) is 4.74 Å². The minimum atomic E-state index is -0.517. The lowest BCUT2D eigenvalue weighted by Crippen LogP contribution is -2.37. The monoisotopic (exact) mass is 405 g/mol. The maximum absolute atomic E-state index is 13.5. The van der Waals surface area contributed by atoms with Crippen LogP contribution in [0.4, 0.5) is 4.39 Å². The summed E-state index contributed by atoms with van der Waals surface area (Å²) in [5.41, 5.74) is 2.98. The first-order valence-corrected chi connectivity index (χ1v) is 9.73. The molecular formula is C23H20FN3O3. The number of hydrogen-bond donors (Lipinski definition) is 0. The van der Waals surface area contributed by atoms with Crippen molar-refractivity contribution in [3.8, 4) is 11.3 Å². The van der Waals surface area contributed by atoms with E-state index < -0.39 is 11.8 Å². The Morgan fingerprint density at radius 3 is 2.37 bits per heavy atom. The van der Waals surface area contributed by atoms with Gasteiger partial charge in [0.05, 0.1) is 28.9 Å². The Morgan fingerprint density at radius 2 is 1.67 bits per heavy atom. The van der Waals surface area contributed by atoms with Gasteiger partial charge < -0.3 is 9.30 Å². The highest BCUT2D eigenvalue weighted by molar-refractivity contribution is 5.96. The first kappa shape index (κ1) is 18.6. The molecule has 0 N–H and O–H groups in total. The predicted octanol–water partition coefficient (Wildman–Crippen LogP) is 2.96. The van der Waals surface area contributed by atoms with Crippen molar-refractivity contribution < 1.29 is 9.13 Å². The summed E-state index contributed by atoms with van der Waals surface area (Å²) in [5, 5.41) is 0.485. The van der Waals surface area contributed by atoms with Crippen LogP contribution in [0.3, 0.4) is 0 Å². The zero-order valence-corrected chi connectivity index (χ0v) is 16.6. The van der Waals surface area contributed by atoms with Gasteiger partial charge in [-0.1, -0.05) is 42.5 Å². The number of aryl methyl sites for hydroxylation is 1. The van der Waals surface area contributed by atoms with E-state index in [2.05, 4.69) is 4.57 Å². The Morgan fingerprint density at radius 1 is 0.967 bits per heavy atom. The van der Waals surface area contributed by atoms with Crippen LogP contribution in [-0.2, 0) is 25.4 Å². The van der Waals surface area contributed by atoms with Gasteiger partial charge in [0.1, 0.15) is 11.9 Å². The van der Waals surface area contributed by atoms with Gasteiger partial charge in [-0.25, -0.2) is 9.18 Å². The molecule has 1 aliphatic heterocycles. The molecule has 0 saturated carbocycles.